The van der Waals surface area contributed by atoms with Gasteiger partial charge in [-0.05, 0) is 31.5 Å². The van der Waals surface area contributed by atoms with Gasteiger partial charge in [-0.2, -0.15) is 0 Å². The normalized spacial score (nSPS) is 22.2. The van der Waals surface area contributed by atoms with E-state index in [-0.39, 0.29) is 0 Å². The standard InChI is InChI=1S/C14H24N4/c1-3-6-18-8-7-17(10-12(18)2)11-13-4-5-14(15)16-9-13/h4-5,9,12H,3,6-8,10-11H2,1-2H3,(H2,15,16)/t12-/m0/s1. The summed E-state index contributed by atoms with van der Waals surface area (Å²) in [5.74, 6) is 0.597. The van der Waals surface area contributed by atoms with Crippen molar-refractivity contribution in [2.45, 2.75) is 32.9 Å². The van der Waals surface area contributed by atoms with Crippen molar-refractivity contribution in [1.29, 1.82) is 0 Å². The zero-order valence-corrected chi connectivity index (χ0v) is 11.5. The van der Waals surface area contributed by atoms with Gasteiger partial charge in [0.15, 0.2) is 0 Å². The fraction of sp³-hybridized carbons (Fsp3) is 0.643. The van der Waals surface area contributed by atoms with Crippen LogP contribution >= 0.6 is 0 Å². The van der Waals surface area contributed by atoms with E-state index >= 15 is 0 Å². The molecule has 0 unspecified atom stereocenters. The van der Waals surface area contributed by atoms with E-state index in [1.54, 1.807) is 0 Å². The van der Waals surface area contributed by atoms with Gasteiger partial charge in [-0.25, -0.2) is 4.98 Å². The molecule has 0 amide bonds. The van der Waals surface area contributed by atoms with Crippen molar-refractivity contribution in [3.8, 4) is 0 Å². The van der Waals surface area contributed by atoms with Crippen LogP contribution in [0, 0.1) is 0 Å². The molecular weight excluding hydrogens is 224 g/mol. The van der Waals surface area contributed by atoms with Gasteiger partial charge in [0.05, 0.1) is 0 Å². The zero-order valence-electron chi connectivity index (χ0n) is 11.5. The van der Waals surface area contributed by atoms with Crippen molar-refractivity contribution < 1.29 is 0 Å². The average molecular weight is 248 g/mol. The van der Waals surface area contributed by atoms with E-state index in [4.69, 9.17) is 5.73 Å². The highest BCUT2D eigenvalue weighted by atomic mass is 15.3. The van der Waals surface area contributed by atoms with Gasteiger partial charge in [-0.3, -0.25) is 9.80 Å². The van der Waals surface area contributed by atoms with E-state index in [1.165, 1.54) is 25.1 Å². The van der Waals surface area contributed by atoms with E-state index in [9.17, 15) is 0 Å². The molecule has 2 heterocycles. The Morgan fingerprint density at radius 1 is 1.39 bits per heavy atom. The summed E-state index contributed by atoms with van der Waals surface area (Å²) in [6.45, 7) is 10.2. The number of aromatic nitrogens is 1. The molecule has 0 bridgehead atoms. The molecule has 0 aromatic carbocycles. The van der Waals surface area contributed by atoms with Crippen LogP contribution in [-0.4, -0.2) is 47.0 Å². The molecule has 100 valence electrons. The van der Waals surface area contributed by atoms with Crippen LogP contribution in [0.3, 0.4) is 0 Å². The number of hydrogen-bond donors (Lipinski definition) is 1. The average Bonchev–Trinajstić information content (AvgIpc) is 2.36. The van der Waals surface area contributed by atoms with Crippen molar-refractivity contribution in [3.05, 3.63) is 23.9 Å². The lowest BCUT2D eigenvalue weighted by Crippen LogP contribution is -2.51. The lowest BCUT2D eigenvalue weighted by molar-refractivity contribution is 0.0791. The lowest BCUT2D eigenvalue weighted by Gasteiger charge is -2.39. The number of nitrogens with two attached hydrogens (primary N) is 1. The third kappa shape index (κ3) is 3.43. The molecule has 1 aromatic heterocycles. The van der Waals surface area contributed by atoms with Gasteiger partial charge in [-0.1, -0.05) is 13.0 Å². The molecule has 1 aliphatic heterocycles. The number of hydrogen-bond acceptors (Lipinski definition) is 4. The Balaban J connectivity index is 1.87. The Kier molecular flexibility index (Phi) is 4.55. The maximum atomic E-state index is 5.60. The molecular formula is C14H24N4. The number of rotatable bonds is 4. The number of nitrogen functional groups attached to an aromatic ring is 1. The van der Waals surface area contributed by atoms with E-state index < -0.39 is 0 Å². The summed E-state index contributed by atoms with van der Waals surface area (Å²) >= 11 is 0. The minimum Gasteiger partial charge on any atom is -0.384 e. The Hall–Kier alpha value is -1.13. The molecule has 4 heteroatoms. The third-order valence-electron chi connectivity index (χ3n) is 3.61. The predicted molar refractivity (Wildman–Crippen MR) is 75.3 cm³/mol. The van der Waals surface area contributed by atoms with Crippen molar-refractivity contribution in [1.82, 2.24) is 14.8 Å². The van der Waals surface area contributed by atoms with Crippen LogP contribution in [0.2, 0.25) is 0 Å². The maximum Gasteiger partial charge on any atom is 0.123 e. The summed E-state index contributed by atoms with van der Waals surface area (Å²) in [4.78, 5) is 9.23. The van der Waals surface area contributed by atoms with Crippen LogP contribution in [0.4, 0.5) is 5.82 Å². The van der Waals surface area contributed by atoms with Crippen molar-refractivity contribution in [2.75, 3.05) is 31.9 Å². The van der Waals surface area contributed by atoms with Crippen molar-refractivity contribution in [2.24, 2.45) is 0 Å². The largest absolute Gasteiger partial charge is 0.384 e. The molecule has 1 aromatic rings. The van der Waals surface area contributed by atoms with E-state index in [0.717, 1.165) is 19.6 Å². The zero-order chi connectivity index (χ0) is 13.0. The lowest BCUT2D eigenvalue weighted by atomic mass is 10.1. The summed E-state index contributed by atoms with van der Waals surface area (Å²) in [7, 11) is 0. The first-order valence-corrected chi connectivity index (χ1v) is 6.86. The molecule has 0 spiro atoms. The first-order valence-electron chi connectivity index (χ1n) is 6.86. The second kappa shape index (κ2) is 6.16. The van der Waals surface area contributed by atoms with Crippen molar-refractivity contribution >= 4 is 5.82 Å². The smallest absolute Gasteiger partial charge is 0.123 e. The van der Waals surface area contributed by atoms with Crippen LogP contribution < -0.4 is 5.73 Å². The van der Waals surface area contributed by atoms with E-state index in [1.807, 2.05) is 12.3 Å². The second-order valence-electron chi connectivity index (χ2n) is 5.21. The molecule has 1 atom stereocenters. The highest BCUT2D eigenvalue weighted by molar-refractivity contribution is 5.29. The molecule has 0 saturated carbocycles. The molecule has 2 N–H and O–H groups in total. The highest BCUT2D eigenvalue weighted by Crippen LogP contribution is 2.13. The topological polar surface area (TPSA) is 45.4 Å². The maximum absolute atomic E-state index is 5.60. The second-order valence-corrected chi connectivity index (χ2v) is 5.21. The quantitative estimate of drug-likeness (QED) is 0.878. The molecule has 0 aliphatic carbocycles. The third-order valence-corrected chi connectivity index (χ3v) is 3.61. The highest BCUT2D eigenvalue weighted by Gasteiger charge is 2.22. The van der Waals surface area contributed by atoms with Gasteiger partial charge < -0.3 is 5.73 Å². The molecule has 1 aliphatic rings. The minimum absolute atomic E-state index is 0.597. The van der Waals surface area contributed by atoms with E-state index in [0.29, 0.717) is 11.9 Å². The number of pyridine rings is 1. The SMILES string of the molecule is CCCN1CCN(Cc2ccc(N)nc2)C[C@@H]1C. The Bertz CT molecular complexity index is 363. The Labute approximate surface area is 110 Å². The fourth-order valence-electron chi connectivity index (χ4n) is 2.62. The molecule has 1 fully saturated rings. The van der Waals surface area contributed by atoms with Crippen LogP contribution in [0.5, 0.6) is 0 Å². The van der Waals surface area contributed by atoms with Gasteiger partial charge in [0, 0.05) is 38.4 Å². The number of piperazine rings is 1. The summed E-state index contributed by atoms with van der Waals surface area (Å²) in [6.07, 6.45) is 3.13. The van der Waals surface area contributed by atoms with Crippen LogP contribution in [0.1, 0.15) is 25.8 Å². The van der Waals surface area contributed by atoms with Crippen molar-refractivity contribution in [3.63, 3.8) is 0 Å². The van der Waals surface area contributed by atoms with Crippen LogP contribution in [0.15, 0.2) is 18.3 Å². The molecule has 2 rings (SSSR count). The number of anilines is 1. The Morgan fingerprint density at radius 3 is 2.83 bits per heavy atom. The van der Waals surface area contributed by atoms with Gasteiger partial charge in [0.25, 0.3) is 0 Å². The fourth-order valence-corrected chi connectivity index (χ4v) is 2.62. The first kappa shape index (κ1) is 13.3. The summed E-state index contributed by atoms with van der Waals surface area (Å²) < 4.78 is 0. The van der Waals surface area contributed by atoms with Gasteiger partial charge >= 0.3 is 0 Å². The molecule has 0 radical (unpaired) electrons. The molecule has 1 saturated heterocycles. The number of nitrogens with zero attached hydrogens (tertiary/aromatic N) is 3. The van der Waals surface area contributed by atoms with Crippen LogP contribution in [-0.2, 0) is 6.54 Å². The summed E-state index contributed by atoms with van der Waals surface area (Å²) in [6, 6.07) is 4.61. The summed E-state index contributed by atoms with van der Waals surface area (Å²) in [5, 5.41) is 0. The predicted octanol–water partition coefficient (Wildman–Crippen LogP) is 1.58. The monoisotopic (exact) mass is 248 g/mol. The van der Waals surface area contributed by atoms with Gasteiger partial charge in [0.1, 0.15) is 5.82 Å². The van der Waals surface area contributed by atoms with Gasteiger partial charge in [0.2, 0.25) is 0 Å². The molecule has 18 heavy (non-hydrogen) atoms. The minimum atomic E-state index is 0.597. The Morgan fingerprint density at radius 2 is 2.22 bits per heavy atom. The first-order chi connectivity index (χ1) is 8.69. The van der Waals surface area contributed by atoms with Crippen LogP contribution in [0.25, 0.3) is 0 Å². The molecule has 4 nitrogen and oxygen atoms in total. The summed E-state index contributed by atoms with van der Waals surface area (Å²) in [5.41, 5.74) is 6.85. The van der Waals surface area contributed by atoms with Gasteiger partial charge in [-0.15, -0.1) is 0 Å². The van der Waals surface area contributed by atoms with E-state index in [2.05, 4.69) is 34.7 Å².